The number of benzene rings is 1. The van der Waals surface area contributed by atoms with Gasteiger partial charge in [-0.1, -0.05) is 45.2 Å². The maximum Gasteiger partial charge on any atom is 0.227 e. The standard InChI is InChI=1S/C19H28N2O2/c1-3-5-6-7-12-20-19(23)16-13-18(22)21(14-16)17-10-8-15(4-2)9-11-17/h8-11,16H,3-7,12-14H2,1-2H3,(H,20,23). The quantitative estimate of drug-likeness (QED) is 0.748. The molecule has 0 saturated carbocycles. The average Bonchev–Trinajstić information content (AvgIpc) is 2.96. The zero-order chi connectivity index (χ0) is 16.7. The van der Waals surface area contributed by atoms with Crippen LogP contribution in [-0.2, 0) is 16.0 Å². The van der Waals surface area contributed by atoms with Crippen molar-refractivity contribution in [2.75, 3.05) is 18.0 Å². The van der Waals surface area contributed by atoms with Crippen LogP contribution in [0.2, 0.25) is 0 Å². The van der Waals surface area contributed by atoms with Gasteiger partial charge in [-0.15, -0.1) is 0 Å². The van der Waals surface area contributed by atoms with Crippen LogP contribution >= 0.6 is 0 Å². The Hall–Kier alpha value is -1.84. The molecule has 0 spiro atoms. The molecule has 1 fully saturated rings. The third-order valence-electron chi connectivity index (χ3n) is 4.48. The number of carbonyl (C=O) groups excluding carboxylic acids is 2. The molecule has 2 rings (SSSR count). The lowest BCUT2D eigenvalue weighted by Crippen LogP contribution is -2.33. The van der Waals surface area contributed by atoms with E-state index in [0.717, 1.165) is 24.9 Å². The van der Waals surface area contributed by atoms with Gasteiger partial charge in [-0.3, -0.25) is 9.59 Å². The Bertz CT molecular complexity index is 525. The molecule has 1 N–H and O–H groups in total. The van der Waals surface area contributed by atoms with Crippen LogP contribution < -0.4 is 10.2 Å². The van der Waals surface area contributed by atoms with Crippen molar-refractivity contribution >= 4 is 17.5 Å². The molecular weight excluding hydrogens is 288 g/mol. The molecule has 126 valence electrons. The number of hydrogen-bond donors (Lipinski definition) is 1. The van der Waals surface area contributed by atoms with Crippen LogP contribution in [0, 0.1) is 5.92 Å². The van der Waals surface area contributed by atoms with Gasteiger partial charge in [0.1, 0.15) is 0 Å². The lowest BCUT2D eigenvalue weighted by Gasteiger charge is -2.17. The number of nitrogens with one attached hydrogen (secondary N) is 1. The zero-order valence-corrected chi connectivity index (χ0v) is 14.3. The maximum atomic E-state index is 12.2. The third-order valence-corrected chi connectivity index (χ3v) is 4.48. The molecular formula is C19H28N2O2. The van der Waals surface area contributed by atoms with Crippen molar-refractivity contribution in [1.82, 2.24) is 5.32 Å². The van der Waals surface area contributed by atoms with Crippen LogP contribution in [0.5, 0.6) is 0 Å². The number of hydrogen-bond acceptors (Lipinski definition) is 2. The van der Waals surface area contributed by atoms with Crippen molar-refractivity contribution in [3.05, 3.63) is 29.8 Å². The monoisotopic (exact) mass is 316 g/mol. The Morgan fingerprint density at radius 1 is 1.17 bits per heavy atom. The second kappa shape index (κ2) is 8.70. The van der Waals surface area contributed by atoms with Crippen molar-refractivity contribution in [2.24, 2.45) is 5.92 Å². The minimum absolute atomic E-state index is 0.0162. The first-order valence-corrected chi connectivity index (χ1v) is 8.82. The van der Waals surface area contributed by atoms with Crippen molar-refractivity contribution in [2.45, 2.75) is 52.4 Å². The third kappa shape index (κ3) is 4.81. The maximum absolute atomic E-state index is 12.2. The predicted molar refractivity (Wildman–Crippen MR) is 93.4 cm³/mol. The van der Waals surface area contributed by atoms with Crippen molar-refractivity contribution in [3.63, 3.8) is 0 Å². The molecule has 1 aliphatic heterocycles. The number of anilines is 1. The van der Waals surface area contributed by atoms with E-state index in [9.17, 15) is 9.59 Å². The van der Waals surface area contributed by atoms with E-state index < -0.39 is 0 Å². The first-order chi connectivity index (χ1) is 11.2. The summed E-state index contributed by atoms with van der Waals surface area (Å²) in [4.78, 5) is 26.2. The molecule has 1 aliphatic rings. The summed E-state index contributed by atoms with van der Waals surface area (Å²) in [5.74, 6) is -0.164. The highest BCUT2D eigenvalue weighted by molar-refractivity contribution is 6.00. The van der Waals surface area contributed by atoms with E-state index in [1.54, 1.807) is 4.90 Å². The van der Waals surface area contributed by atoms with Crippen LogP contribution in [0.4, 0.5) is 5.69 Å². The molecule has 1 unspecified atom stereocenters. The van der Waals surface area contributed by atoms with E-state index in [1.165, 1.54) is 18.4 Å². The van der Waals surface area contributed by atoms with Crippen LogP contribution in [0.25, 0.3) is 0 Å². The molecule has 1 atom stereocenters. The lowest BCUT2D eigenvalue weighted by molar-refractivity contribution is -0.126. The van der Waals surface area contributed by atoms with Gasteiger partial charge >= 0.3 is 0 Å². The Balaban J connectivity index is 1.84. The van der Waals surface area contributed by atoms with Crippen molar-refractivity contribution in [3.8, 4) is 0 Å². The number of carbonyl (C=O) groups is 2. The number of aryl methyl sites for hydroxylation is 1. The first-order valence-electron chi connectivity index (χ1n) is 8.82. The molecule has 1 saturated heterocycles. The first kappa shape index (κ1) is 17.5. The molecule has 23 heavy (non-hydrogen) atoms. The average molecular weight is 316 g/mol. The SMILES string of the molecule is CCCCCCNC(=O)C1CC(=O)N(c2ccc(CC)cc2)C1. The van der Waals surface area contributed by atoms with Gasteiger partial charge in [-0.2, -0.15) is 0 Å². The van der Waals surface area contributed by atoms with E-state index in [-0.39, 0.29) is 17.7 Å². The van der Waals surface area contributed by atoms with Gasteiger partial charge in [0.25, 0.3) is 0 Å². The second-order valence-electron chi connectivity index (χ2n) is 6.28. The highest BCUT2D eigenvalue weighted by Gasteiger charge is 2.34. The fourth-order valence-electron chi connectivity index (χ4n) is 2.95. The Morgan fingerprint density at radius 2 is 1.91 bits per heavy atom. The summed E-state index contributed by atoms with van der Waals surface area (Å²) in [5.41, 5.74) is 2.15. The Morgan fingerprint density at radius 3 is 2.57 bits per heavy atom. The van der Waals surface area contributed by atoms with E-state index in [0.29, 0.717) is 19.5 Å². The molecule has 1 aromatic carbocycles. The van der Waals surface area contributed by atoms with Gasteiger partial charge in [-0.25, -0.2) is 0 Å². The summed E-state index contributed by atoms with van der Waals surface area (Å²) in [6, 6.07) is 8.04. The second-order valence-corrected chi connectivity index (χ2v) is 6.28. The Kier molecular flexibility index (Phi) is 6.63. The van der Waals surface area contributed by atoms with Crippen molar-refractivity contribution in [1.29, 1.82) is 0 Å². The van der Waals surface area contributed by atoms with Gasteiger partial charge in [0.05, 0.1) is 5.92 Å². The normalized spacial score (nSPS) is 17.6. The molecule has 4 nitrogen and oxygen atoms in total. The van der Waals surface area contributed by atoms with Crippen LogP contribution in [0.15, 0.2) is 24.3 Å². The summed E-state index contributed by atoms with van der Waals surface area (Å²) >= 11 is 0. The van der Waals surface area contributed by atoms with Gasteiger partial charge < -0.3 is 10.2 Å². The summed E-state index contributed by atoms with van der Waals surface area (Å²) in [7, 11) is 0. The number of rotatable bonds is 8. The van der Waals surface area contributed by atoms with Crippen LogP contribution in [-0.4, -0.2) is 24.9 Å². The number of unbranched alkanes of at least 4 members (excludes halogenated alkanes) is 3. The highest BCUT2D eigenvalue weighted by atomic mass is 16.2. The minimum atomic E-state index is -0.223. The van der Waals surface area contributed by atoms with Crippen LogP contribution in [0.3, 0.4) is 0 Å². The van der Waals surface area contributed by atoms with E-state index in [1.807, 2.05) is 24.3 Å². The highest BCUT2D eigenvalue weighted by Crippen LogP contribution is 2.25. The summed E-state index contributed by atoms with van der Waals surface area (Å²) in [6.45, 7) is 5.49. The molecule has 0 bridgehead atoms. The molecule has 1 heterocycles. The van der Waals surface area contributed by atoms with Crippen LogP contribution in [0.1, 0.15) is 51.5 Å². The molecule has 0 aromatic heterocycles. The van der Waals surface area contributed by atoms with Gasteiger partial charge in [0.2, 0.25) is 11.8 Å². The zero-order valence-electron chi connectivity index (χ0n) is 14.3. The van der Waals surface area contributed by atoms with E-state index >= 15 is 0 Å². The van der Waals surface area contributed by atoms with Gasteiger partial charge in [0.15, 0.2) is 0 Å². The summed E-state index contributed by atoms with van der Waals surface area (Å²) < 4.78 is 0. The number of nitrogens with zero attached hydrogens (tertiary/aromatic N) is 1. The predicted octanol–water partition coefficient (Wildman–Crippen LogP) is 3.30. The van der Waals surface area contributed by atoms with Crippen molar-refractivity contribution < 1.29 is 9.59 Å². The fourth-order valence-corrected chi connectivity index (χ4v) is 2.95. The van der Waals surface area contributed by atoms with E-state index in [4.69, 9.17) is 0 Å². The number of amides is 2. The lowest BCUT2D eigenvalue weighted by atomic mass is 10.1. The molecule has 2 amide bonds. The summed E-state index contributed by atoms with van der Waals surface area (Å²) in [5, 5.41) is 2.98. The molecule has 0 radical (unpaired) electrons. The minimum Gasteiger partial charge on any atom is -0.356 e. The topological polar surface area (TPSA) is 49.4 Å². The smallest absolute Gasteiger partial charge is 0.227 e. The molecule has 0 aliphatic carbocycles. The largest absolute Gasteiger partial charge is 0.356 e. The molecule has 1 aromatic rings. The van der Waals surface area contributed by atoms with Gasteiger partial charge in [-0.05, 0) is 30.5 Å². The summed E-state index contributed by atoms with van der Waals surface area (Å²) in [6.07, 6.45) is 5.86. The fraction of sp³-hybridized carbons (Fsp3) is 0.579. The van der Waals surface area contributed by atoms with E-state index in [2.05, 4.69) is 19.2 Å². The van der Waals surface area contributed by atoms with Gasteiger partial charge in [0, 0.05) is 25.2 Å². The Labute approximate surface area is 139 Å². The molecule has 4 heteroatoms.